The van der Waals surface area contributed by atoms with E-state index < -0.39 is 11.9 Å². The maximum Gasteiger partial charge on any atom is 0.273 e. The van der Waals surface area contributed by atoms with Gasteiger partial charge in [0.05, 0.1) is 12.1 Å². The molecule has 1 saturated heterocycles. The second kappa shape index (κ2) is 7.64. The molecule has 9 nitrogen and oxygen atoms in total. The van der Waals surface area contributed by atoms with Gasteiger partial charge in [-0.3, -0.25) is 4.79 Å². The minimum absolute atomic E-state index is 0.178. The molecule has 3 aliphatic heterocycles. The smallest absolute Gasteiger partial charge is 0.273 e. The van der Waals surface area contributed by atoms with Gasteiger partial charge in [-0.1, -0.05) is 17.3 Å². The van der Waals surface area contributed by atoms with Gasteiger partial charge in [-0.2, -0.15) is 4.98 Å². The number of aliphatic hydroxyl groups is 1. The molecule has 1 amide bonds. The fourth-order valence-electron chi connectivity index (χ4n) is 3.79. The van der Waals surface area contributed by atoms with Crippen LogP contribution in [0.3, 0.4) is 0 Å². The number of benzene rings is 1. The molecule has 1 aromatic carbocycles. The van der Waals surface area contributed by atoms with Crippen molar-refractivity contribution < 1.29 is 18.8 Å². The molecule has 1 fully saturated rings. The molecular weight excluding hydrogens is 403 g/mol. The van der Waals surface area contributed by atoms with Gasteiger partial charge in [0.15, 0.2) is 0 Å². The van der Waals surface area contributed by atoms with Gasteiger partial charge in [0, 0.05) is 30.2 Å². The van der Waals surface area contributed by atoms with E-state index in [-0.39, 0.29) is 18.1 Å². The Bertz CT molecular complexity index is 1120. The molecule has 5 rings (SSSR count). The van der Waals surface area contributed by atoms with Crippen molar-refractivity contribution in [2.45, 2.75) is 31.7 Å². The Morgan fingerprint density at radius 2 is 2.29 bits per heavy atom. The van der Waals surface area contributed by atoms with Crippen LogP contribution in [0.5, 0.6) is 0 Å². The number of aliphatic hydroxyl groups excluding tert-OH is 1. The van der Waals surface area contributed by atoms with Crippen molar-refractivity contribution in [2.75, 3.05) is 11.9 Å². The Morgan fingerprint density at radius 1 is 1.42 bits per heavy atom. The van der Waals surface area contributed by atoms with Crippen molar-refractivity contribution in [3.8, 4) is 11.4 Å². The first-order valence-corrected chi connectivity index (χ1v) is 9.95. The number of hydrogen-bond donors (Lipinski definition) is 4. The van der Waals surface area contributed by atoms with Crippen LogP contribution in [0.2, 0.25) is 0 Å². The average molecular weight is 424 g/mol. The number of rotatable bonds is 4. The minimum atomic E-state index is -0.431. The summed E-state index contributed by atoms with van der Waals surface area (Å²) in [5.41, 5.74) is 2.43. The van der Waals surface area contributed by atoms with Crippen LogP contribution in [0.4, 0.5) is 10.1 Å². The lowest BCUT2D eigenvalue weighted by molar-refractivity contribution is -0.114. The second-order valence-corrected chi connectivity index (χ2v) is 7.71. The first-order chi connectivity index (χ1) is 15.0. The molecule has 3 unspecified atom stereocenters. The summed E-state index contributed by atoms with van der Waals surface area (Å²) >= 11 is 0. The van der Waals surface area contributed by atoms with Crippen LogP contribution in [-0.2, 0) is 4.79 Å². The van der Waals surface area contributed by atoms with Crippen molar-refractivity contribution in [3.63, 3.8) is 0 Å². The lowest BCUT2D eigenvalue weighted by Crippen LogP contribution is -2.35. The normalized spacial score (nSPS) is 24.5. The van der Waals surface area contributed by atoms with E-state index in [1.54, 1.807) is 23.2 Å². The van der Waals surface area contributed by atoms with E-state index in [1.807, 2.05) is 19.1 Å². The predicted molar refractivity (Wildman–Crippen MR) is 110 cm³/mol. The van der Waals surface area contributed by atoms with Crippen molar-refractivity contribution in [1.29, 1.82) is 0 Å². The maximum atomic E-state index is 13.6. The molecule has 31 heavy (non-hydrogen) atoms. The number of nitrogens with one attached hydrogen (secondary N) is 3. The molecule has 0 bridgehead atoms. The van der Waals surface area contributed by atoms with Gasteiger partial charge in [0.1, 0.15) is 17.7 Å². The number of nitrogens with zero attached hydrogens (tertiary/aromatic N) is 3. The number of anilines is 1. The highest BCUT2D eigenvalue weighted by Crippen LogP contribution is 2.28. The van der Waals surface area contributed by atoms with E-state index in [0.717, 1.165) is 5.56 Å². The zero-order valence-corrected chi connectivity index (χ0v) is 16.7. The Kier molecular flexibility index (Phi) is 4.79. The molecule has 4 N–H and O–H groups in total. The molecule has 3 aliphatic rings. The van der Waals surface area contributed by atoms with Crippen LogP contribution in [0.15, 0.2) is 58.8 Å². The third kappa shape index (κ3) is 3.71. The van der Waals surface area contributed by atoms with Gasteiger partial charge in [-0.15, -0.1) is 0 Å². The van der Waals surface area contributed by atoms with Gasteiger partial charge in [-0.25, -0.2) is 4.39 Å². The molecule has 0 saturated carbocycles. The van der Waals surface area contributed by atoms with E-state index in [2.05, 4.69) is 26.1 Å². The third-order valence-electron chi connectivity index (χ3n) is 5.49. The van der Waals surface area contributed by atoms with Crippen molar-refractivity contribution in [2.24, 2.45) is 0 Å². The molecule has 0 radical (unpaired) electrons. The zero-order chi connectivity index (χ0) is 21.5. The Labute approximate surface area is 177 Å². The number of fused-ring (bicyclic) bond motifs is 1. The fourth-order valence-corrected chi connectivity index (χ4v) is 3.79. The molecule has 160 valence electrons. The monoisotopic (exact) mass is 424 g/mol. The number of β-amino-alcohol motifs (C(OH)–C–C–N with tert-alkyl or cyclic N) is 1. The van der Waals surface area contributed by atoms with Crippen LogP contribution < -0.4 is 16.0 Å². The quantitative estimate of drug-likeness (QED) is 0.588. The highest BCUT2D eigenvalue weighted by Gasteiger charge is 2.30. The predicted octanol–water partition coefficient (Wildman–Crippen LogP) is 1.83. The van der Waals surface area contributed by atoms with E-state index in [9.17, 15) is 14.3 Å². The fraction of sp³-hybridized carbons (Fsp3) is 0.286. The largest absolute Gasteiger partial charge is 0.392 e. The molecule has 10 heteroatoms. The number of carbonyl (C=O) groups excluding carboxylic acids is 1. The van der Waals surface area contributed by atoms with Gasteiger partial charge < -0.3 is 30.5 Å². The molecule has 3 atom stereocenters. The summed E-state index contributed by atoms with van der Waals surface area (Å²) in [6.07, 6.45) is 5.65. The van der Waals surface area contributed by atoms with Crippen LogP contribution in [0.1, 0.15) is 23.9 Å². The van der Waals surface area contributed by atoms with E-state index in [4.69, 9.17) is 4.52 Å². The topological polar surface area (TPSA) is 116 Å². The number of hydrogen-bond acceptors (Lipinski definition) is 8. The van der Waals surface area contributed by atoms with Crippen molar-refractivity contribution in [1.82, 2.24) is 25.7 Å². The highest BCUT2D eigenvalue weighted by atomic mass is 19.1. The van der Waals surface area contributed by atoms with Gasteiger partial charge >= 0.3 is 0 Å². The van der Waals surface area contributed by atoms with Gasteiger partial charge in [0.2, 0.25) is 11.7 Å². The number of aromatic nitrogens is 2. The SMILES string of the molecule is Cc1ccc(-c2noc(C3CC(O)CN3)n2)cc1NC(=O)C1=CNC2C=CC(F)=CN12. The van der Waals surface area contributed by atoms with Crippen molar-refractivity contribution in [3.05, 3.63) is 65.7 Å². The van der Waals surface area contributed by atoms with E-state index >= 15 is 0 Å². The van der Waals surface area contributed by atoms with Crippen LogP contribution in [0.25, 0.3) is 11.4 Å². The van der Waals surface area contributed by atoms with E-state index in [0.29, 0.717) is 41.6 Å². The standard InChI is InChI=1S/C21H21FN6O3/c1-11-2-3-12(19-26-21(31-27-19)16-7-14(29)8-23-16)6-15(11)25-20(30)17-9-24-18-5-4-13(22)10-28(17)18/h2-6,9-10,14,16,18,23-24,29H,7-8H2,1H3,(H,25,30). The summed E-state index contributed by atoms with van der Waals surface area (Å²) in [6, 6.07) is 5.29. The summed E-state index contributed by atoms with van der Waals surface area (Å²) in [5.74, 6) is 0.0149. The van der Waals surface area contributed by atoms with Crippen LogP contribution >= 0.6 is 0 Å². The number of allylic oxidation sites excluding steroid dienone is 2. The lowest BCUT2D eigenvalue weighted by Gasteiger charge is -2.25. The van der Waals surface area contributed by atoms with Crippen molar-refractivity contribution >= 4 is 11.6 Å². The molecule has 2 aromatic rings. The summed E-state index contributed by atoms with van der Waals surface area (Å²) in [4.78, 5) is 18.8. The molecule has 4 heterocycles. The zero-order valence-electron chi connectivity index (χ0n) is 16.7. The van der Waals surface area contributed by atoms with Crippen LogP contribution in [0, 0.1) is 6.92 Å². The third-order valence-corrected chi connectivity index (χ3v) is 5.49. The number of halogens is 1. The van der Waals surface area contributed by atoms with Gasteiger partial charge in [-0.05, 0) is 37.1 Å². The molecular formula is C21H21FN6O3. The first-order valence-electron chi connectivity index (χ1n) is 9.95. The lowest BCUT2D eigenvalue weighted by atomic mass is 10.1. The maximum absolute atomic E-state index is 13.6. The molecule has 0 spiro atoms. The Morgan fingerprint density at radius 3 is 3.10 bits per heavy atom. The molecule has 1 aromatic heterocycles. The van der Waals surface area contributed by atoms with Gasteiger partial charge in [0.25, 0.3) is 5.91 Å². The summed E-state index contributed by atoms with van der Waals surface area (Å²) in [6.45, 7) is 2.36. The number of aryl methyl sites for hydroxylation is 1. The number of amides is 1. The summed E-state index contributed by atoms with van der Waals surface area (Å²) < 4.78 is 19.0. The highest BCUT2D eigenvalue weighted by molar-refractivity contribution is 6.04. The Balaban J connectivity index is 1.34. The minimum Gasteiger partial charge on any atom is -0.392 e. The Hall–Kier alpha value is -3.50. The summed E-state index contributed by atoms with van der Waals surface area (Å²) in [7, 11) is 0. The van der Waals surface area contributed by atoms with Crippen LogP contribution in [-0.4, -0.2) is 44.9 Å². The molecule has 0 aliphatic carbocycles. The number of carbonyl (C=O) groups is 1. The van der Waals surface area contributed by atoms with E-state index in [1.165, 1.54) is 12.3 Å². The first kappa shape index (κ1) is 19.5. The average Bonchev–Trinajstić information content (AvgIpc) is 3.48. The summed E-state index contributed by atoms with van der Waals surface area (Å²) in [5, 5.41) is 22.8. The second-order valence-electron chi connectivity index (χ2n) is 7.71.